The first-order valence-corrected chi connectivity index (χ1v) is 8.82. The van der Waals surface area contributed by atoms with Crippen LogP contribution in [-0.2, 0) is 0 Å². The van der Waals surface area contributed by atoms with Crippen LogP contribution in [0.15, 0.2) is 66.7 Å². The average Bonchev–Trinajstić information content (AvgIpc) is 2.78. The molecule has 0 amide bonds. The van der Waals surface area contributed by atoms with Gasteiger partial charge in [-0.15, -0.1) is 0 Å². The van der Waals surface area contributed by atoms with Crippen LogP contribution in [0, 0.1) is 20.2 Å². The lowest BCUT2D eigenvalue weighted by atomic mass is 10.0. The van der Waals surface area contributed by atoms with Gasteiger partial charge in [0.2, 0.25) is 0 Å². The zero-order valence-electron chi connectivity index (χ0n) is 15.7. The van der Waals surface area contributed by atoms with E-state index in [0.717, 1.165) is 0 Å². The average molecular weight is 402 g/mol. The number of aromatic nitrogens is 2. The van der Waals surface area contributed by atoms with Gasteiger partial charge in [0.1, 0.15) is 5.75 Å². The fourth-order valence-electron chi connectivity index (χ4n) is 3.06. The summed E-state index contributed by atoms with van der Waals surface area (Å²) in [5.41, 5.74) is 2.45. The Kier molecular flexibility index (Phi) is 4.77. The van der Waals surface area contributed by atoms with Gasteiger partial charge in [-0.2, -0.15) is 0 Å². The monoisotopic (exact) mass is 402 g/mol. The van der Waals surface area contributed by atoms with Gasteiger partial charge in [-0.3, -0.25) is 20.2 Å². The van der Waals surface area contributed by atoms with Crippen LogP contribution in [0.25, 0.3) is 33.5 Å². The van der Waals surface area contributed by atoms with Crippen LogP contribution in [0.4, 0.5) is 11.4 Å². The maximum absolute atomic E-state index is 11.0. The Morgan fingerprint density at radius 3 is 1.87 bits per heavy atom. The fraction of sp³-hybridized carbons (Fsp3) is 0.0476. The summed E-state index contributed by atoms with van der Waals surface area (Å²) in [6.07, 6.45) is 0. The van der Waals surface area contributed by atoms with Crippen molar-refractivity contribution in [2.75, 3.05) is 7.11 Å². The van der Waals surface area contributed by atoms with Crippen molar-refractivity contribution in [1.29, 1.82) is 0 Å². The van der Waals surface area contributed by atoms with E-state index in [2.05, 4.69) is 9.97 Å². The molecule has 0 saturated heterocycles. The van der Waals surface area contributed by atoms with Crippen LogP contribution >= 0.6 is 0 Å². The Labute approximate surface area is 169 Å². The topological polar surface area (TPSA) is 121 Å². The molecule has 0 fully saturated rings. The van der Waals surface area contributed by atoms with Crippen LogP contribution in [0.3, 0.4) is 0 Å². The number of non-ortho nitro benzene ring substituents is 2. The third-order valence-electron chi connectivity index (χ3n) is 4.59. The zero-order valence-corrected chi connectivity index (χ0v) is 15.7. The predicted octanol–water partition coefficient (Wildman–Crippen LogP) is 4.79. The van der Waals surface area contributed by atoms with Gasteiger partial charge in [-0.05, 0) is 42.5 Å². The lowest BCUT2D eigenvalue weighted by Gasteiger charge is -2.10. The number of nitrogens with zero attached hydrogens (tertiary/aromatic N) is 4. The van der Waals surface area contributed by atoms with Crippen LogP contribution < -0.4 is 4.74 Å². The Bertz CT molecular complexity index is 1270. The number of nitro groups is 2. The minimum absolute atomic E-state index is 0.0229. The van der Waals surface area contributed by atoms with Crippen molar-refractivity contribution in [2.45, 2.75) is 0 Å². The first kappa shape index (κ1) is 18.9. The Morgan fingerprint density at radius 2 is 1.33 bits per heavy atom. The molecule has 0 atom stereocenters. The quantitative estimate of drug-likeness (QED) is 0.347. The molecule has 9 heteroatoms. The molecule has 9 nitrogen and oxygen atoms in total. The molecule has 0 aliphatic heterocycles. The number of benzene rings is 3. The van der Waals surface area contributed by atoms with E-state index in [-0.39, 0.29) is 11.4 Å². The first-order valence-electron chi connectivity index (χ1n) is 8.82. The molecule has 1 aromatic heterocycles. The van der Waals surface area contributed by atoms with E-state index < -0.39 is 9.85 Å². The number of methoxy groups -OCH3 is 1. The van der Waals surface area contributed by atoms with Crippen LogP contribution in [0.1, 0.15) is 0 Å². The second-order valence-electron chi connectivity index (χ2n) is 6.39. The zero-order chi connectivity index (χ0) is 21.3. The molecule has 0 unspecified atom stereocenters. The molecule has 0 aliphatic carbocycles. The minimum Gasteiger partial charge on any atom is -0.497 e. The van der Waals surface area contributed by atoms with E-state index in [4.69, 9.17) is 4.74 Å². The molecule has 0 saturated carbocycles. The summed E-state index contributed by atoms with van der Waals surface area (Å²) in [7, 11) is 1.55. The highest BCUT2D eigenvalue weighted by atomic mass is 16.6. The van der Waals surface area contributed by atoms with Gasteiger partial charge >= 0.3 is 0 Å². The van der Waals surface area contributed by atoms with E-state index in [9.17, 15) is 20.2 Å². The lowest BCUT2D eigenvalue weighted by molar-refractivity contribution is -0.385. The molecule has 148 valence electrons. The van der Waals surface area contributed by atoms with Crippen molar-refractivity contribution in [3.05, 3.63) is 87.0 Å². The molecule has 0 radical (unpaired) electrons. The van der Waals surface area contributed by atoms with E-state index in [1.807, 2.05) is 0 Å². The van der Waals surface area contributed by atoms with Crippen molar-refractivity contribution >= 4 is 22.3 Å². The molecular weight excluding hydrogens is 388 g/mol. The number of rotatable bonds is 5. The van der Waals surface area contributed by atoms with Crippen molar-refractivity contribution in [3.63, 3.8) is 0 Å². The van der Waals surface area contributed by atoms with Crippen molar-refractivity contribution in [2.24, 2.45) is 0 Å². The van der Waals surface area contributed by atoms with Gasteiger partial charge in [0, 0.05) is 40.8 Å². The molecule has 0 aliphatic rings. The van der Waals surface area contributed by atoms with E-state index in [1.165, 1.54) is 24.3 Å². The summed E-state index contributed by atoms with van der Waals surface area (Å²) in [5.74, 6) is 1.01. The summed E-state index contributed by atoms with van der Waals surface area (Å²) in [4.78, 5) is 30.2. The third kappa shape index (κ3) is 3.51. The molecule has 1 heterocycles. The normalized spacial score (nSPS) is 10.7. The molecule has 0 spiro atoms. The van der Waals surface area contributed by atoms with Crippen molar-refractivity contribution in [3.8, 4) is 28.4 Å². The highest BCUT2D eigenvalue weighted by molar-refractivity contribution is 5.94. The summed E-state index contributed by atoms with van der Waals surface area (Å²) in [5, 5.41) is 22.6. The number of nitro benzene ring substituents is 2. The van der Waals surface area contributed by atoms with E-state index >= 15 is 0 Å². The van der Waals surface area contributed by atoms with Gasteiger partial charge in [0.15, 0.2) is 5.82 Å². The van der Waals surface area contributed by atoms with Crippen LogP contribution in [0.5, 0.6) is 5.75 Å². The molecule has 30 heavy (non-hydrogen) atoms. The molecule has 0 N–H and O–H groups in total. The highest BCUT2D eigenvalue weighted by Crippen LogP contribution is 2.32. The molecule has 0 bridgehead atoms. The highest BCUT2D eigenvalue weighted by Gasteiger charge is 2.15. The maximum Gasteiger partial charge on any atom is 0.269 e. The second kappa shape index (κ2) is 7.55. The third-order valence-corrected chi connectivity index (χ3v) is 4.59. The van der Waals surface area contributed by atoms with Crippen LogP contribution in [-0.4, -0.2) is 26.9 Å². The Balaban J connectivity index is 1.91. The standard InChI is InChI=1S/C21H14N4O5/c1-30-17-10-11-19-18(12-17)20(13-2-6-15(7-3-13)24(26)27)23-21(22-19)14-4-8-16(9-5-14)25(28)29/h2-12H,1H3. The fourth-order valence-corrected chi connectivity index (χ4v) is 3.06. The van der Waals surface area contributed by atoms with Crippen molar-refractivity contribution in [1.82, 2.24) is 9.97 Å². The predicted molar refractivity (Wildman–Crippen MR) is 110 cm³/mol. The Hall–Kier alpha value is -4.40. The molecular formula is C21H14N4O5. The van der Waals surface area contributed by atoms with Crippen LogP contribution in [0.2, 0.25) is 0 Å². The van der Waals surface area contributed by atoms with Gasteiger partial charge < -0.3 is 4.74 Å². The first-order chi connectivity index (χ1) is 14.5. The summed E-state index contributed by atoms with van der Waals surface area (Å²) in [6, 6.07) is 17.4. The number of fused-ring (bicyclic) bond motifs is 1. The minimum atomic E-state index is -0.473. The summed E-state index contributed by atoms with van der Waals surface area (Å²) >= 11 is 0. The van der Waals surface area contributed by atoms with E-state index in [0.29, 0.717) is 39.3 Å². The molecule has 3 aromatic carbocycles. The number of hydrogen-bond donors (Lipinski definition) is 0. The van der Waals surface area contributed by atoms with Gasteiger partial charge in [-0.25, -0.2) is 9.97 Å². The summed E-state index contributed by atoms with van der Waals surface area (Å²) in [6.45, 7) is 0. The SMILES string of the molecule is COc1ccc2nc(-c3ccc([N+](=O)[O-])cc3)nc(-c3ccc([N+](=O)[O-])cc3)c2c1. The Morgan fingerprint density at radius 1 is 0.767 bits per heavy atom. The van der Waals surface area contributed by atoms with E-state index in [1.54, 1.807) is 49.6 Å². The lowest BCUT2D eigenvalue weighted by Crippen LogP contribution is -1.96. The second-order valence-corrected chi connectivity index (χ2v) is 6.39. The van der Waals surface area contributed by atoms with Gasteiger partial charge in [-0.1, -0.05) is 0 Å². The number of hydrogen-bond acceptors (Lipinski definition) is 7. The summed E-state index contributed by atoms with van der Waals surface area (Å²) < 4.78 is 5.31. The smallest absolute Gasteiger partial charge is 0.269 e. The van der Waals surface area contributed by atoms with Crippen molar-refractivity contribution < 1.29 is 14.6 Å². The van der Waals surface area contributed by atoms with Gasteiger partial charge in [0.25, 0.3) is 11.4 Å². The van der Waals surface area contributed by atoms with Gasteiger partial charge in [0.05, 0.1) is 28.2 Å². The molecule has 4 rings (SSSR count). The maximum atomic E-state index is 11.0. The largest absolute Gasteiger partial charge is 0.497 e. The number of ether oxygens (including phenoxy) is 1. The molecule has 4 aromatic rings.